The van der Waals surface area contributed by atoms with Crippen molar-refractivity contribution in [1.82, 2.24) is 30.7 Å². The van der Waals surface area contributed by atoms with Gasteiger partial charge in [-0.15, -0.1) is 0 Å². The minimum atomic E-state index is -1.83. The lowest BCUT2D eigenvalue weighted by molar-refractivity contribution is -0.158. The lowest BCUT2D eigenvalue weighted by Crippen LogP contribution is -2.70. The number of hydrogen-bond donors (Lipinski definition) is 4. The van der Waals surface area contributed by atoms with E-state index in [1.165, 1.54) is 62.7 Å². The first kappa shape index (κ1) is 40.3. The second-order valence-electron chi connectivity index (χ2n) is 14.4. The molecule has 3 aromatic rings. The van der Waals surface area contributed by atoms with Crippen molar-refractivity contribution in [2.24, 2.45) is 0 Å². The first-order valence-electron chi connectivity index (χ1n) is 17.8. The number of carbonyl (C=O) groups excluding carboxylic acids is 7. The predicted octanol–water partition coefficient (Wildman–Crippen LogP) is 1.35. The number of phenols is 1. The minimum absolute atomic E-state index is 0.00515. The molecule has 0 aromatic heterocycles. The molecule has 1 fully saturated rings. The summed E-state index contributed by atoms with van der Waals surface area (Å²) in [6.45, 7) is 4.30. The van der Waals surface area contributed by atoms with Gasteiger partial charge in [-0.1, -0.05) is 42.5 Å². The number of nitrogens with zero attached hydrogens (tertiary/aromatic N) is 3. The SMILES string of the molecule is C[C@@H]1NC(=O)[C@H](Cc2ccc(C=O)cc2)N(C)[C@](C)(C=O)NC(=O)[C@@H](C)NC(=O)[C@@H]2Cc3ccc(O)c(c3)Oc3ccc(cc3)CC(C=O)(N(C)C1=O)N2C. The summed E-state index contributed by atoms with van der Waals surface area (Å²) in [5.74, 6) is -2.37. The summed E-state index contributed by atoms with van der Waals surface area (Å²) < 4.78 is 5.96. The zero-order chi connectivity index (χ0) is 40.2. The Morgan fingerprint density at radius 1 is 0.800 bits per heavy atom. The molecule has 6 atom stereocenters. The highest BCUT2D eigenvalue weighted by molar-refractivity contribution is 5.94. The lowest BCUT2D eigenvalue weighted by Gasteiger charge is -2.48. The zero-order valence-corrected chi connectivity index (χ0v) is 31.6. The van der Waals surface area contributed by atoms with Gasteiger partial charge in [-0.25, -0.2) is 0 Å². The van der Waals surface area contributed by atoms with Gasteiger partial charge in [0.25, 0.3) is 0 Å². The van der Waals surface area contributed by atoms with Crippen molar-refractivity contribution >= 4 is 42.5 Å². The Morgan fingerprint density at radius 2 is 1.44 bits per heavy atom. The maximum Gasteiger partial charge on any atom is 0.246 e. The molecule has 0 saturated carbocycles. The van der Waals surface area contributed by atoms with Crippen molar-refractivity contribution in [3.8, 4) is 17.2 Å². The highest BCUT2D eigenvalue weighted by atomic mass is 16.5. The Labute approximate surface area is 319 Å². The topological polar surface area (TPSA) is 195 Å². The van der Waals surface area contributed by atoms with E-state index in [0.29, 0.717) is 46.9 Å². The van der Waals surface area contributed by atoms with Crippen LogP contribution in [0.3, 0.4) is 0 Å². The molecule has 4 amide bonds. The standard InChI is InChI=1S/C40H46N6O9/c1-24-35(51)43-39(3,22-48)44(4)31(17-26-7-9-28(21-47)10-8-26)36(52)42-25(2)38(54)46(6)40(23-49)20-27-11-14-30(15-12-27)55-34-19-29(13-16-33(34)50)18-32(45(40)5)37(53)41-24/h7-16,19,21-25,31-32,50H,17-18,20H2,1-6H3,(H,41,53)(H,42,52)(H,43,51)/t24-,25+,31+,32+,39-,40?/m1/s1. The number of aldehydes is 3. The first-order valence-corrected chi connectivity index (χ1v) is 17.8. The third kappa shape index (κ3) is 8.27. The van der Waals surface area contributed by atoms with Gasteiger partial charge in [-0.05, 0) is 88.7 Å². The minimum Gasteiger partial charge on any atom is -0.504 e. The van der Waals surface area contributed by atoms with Crippen LogP contribution in [0.15, 0.2) is 66.7 Å². The van der Waals surface area contributed by atoms with Gasteiger partial charge in [0.15, 0.2) is 29.7 Å². The molecular formula is C40H46N6O9. The van der Waals surface area contributed by atoms with E-state index >= 15 is 0 Å². The molecule has 4 N–H and O–H groups in total. The number of fused-ring (bicyclic) bond motifs is 2. The normalized spacial score (nSPS) is 27.3. The fourth-order valence-electron chi connectivity index (χ4n) is 6.92. The molecule has 3 aromatic carbocycles. The third-order valence-electron chi connectivity index (χ3n) is 10.7. The number of carbonyl (C=O) groups is 7. The number of hydrogen-bond acceptors (Lipinski definition) is 11. The molecule has 55 heavy (non-hydrogen) atoms. The predicted molar refractivity (Wildman–Crippen MR) is 200 cm³/mol. The molecular weight excluding hydrogens is 708 g/mol. The van der Waals surface area contributed by atoms with Crippen molar-refractivity contribution in [3.05, 3.63) is 89.0 Å². The van der Waals surface area contributed by atoms with E-state index < -0.39 is 59.1 Å². The van der Waals surface area contributed by atoms with Crippen molar-refractivity contribution in [2.45, 2.75) is 75.5 Å². The molecule has 15 heteroatoms. The van der Waals surface area contributed by atoms with E-state index in [0.717, 1.165) is 0 Å². The van der Waals surface area contributed by atoms with Gasteiger partial charge in [-0.3, -0.25) is 43.4 Å². The van der Waals surface area contributed by atoms with Gasteiger partial charge in [0, 0.05) is 19.0 Å². The van der Waals surface area contributed by atoms with Crippen LogP contribution in [0.1, 0.15) is 47.8 Å². The molecule has 290 valence electrons. The van der Waals surface area contributed by atoms with Crippen LogP contribution in [-0.4, -0.2) is 119 Å². The Kier molecular flexibility index (Phi) is 11.9. The summed E-state index contributed by atoms with van der Waals surface area (Å²) >= 11 is 0. The highest BCUT2D eigenvalue weighted by Gasteiger charge is 2.48. The second-order valence-corrected chi connectivity index (χ2v) is 14.4. The number of phenolic OH excluding ortho intramolecular Hbond substituents is 1. The molecule has 1 unspecified atom stereocenters. The summed E-state index contributed by atoms with van der Waals surface area (Å²) in [6.07, 6.45) is 1.58. The Bertz CT molecular complexity index is 1970. The average molecular weight is 755 g/mol. The largest absolute Gasteiger partial charge is 0.504 e. The molecule has 3 aliphatic rings. The molecule has 6 bridgehead atoms. The Balaban J connectivity index is 1.65. The Hall–Kier alpha value is -5.93. The summed E-state index contributed by atoms with van der Waals surface area (Å²) in [7, 11) is 4.41. The third-order valence-corrected chi connectivity index (χ3v) is 10.7. The fourth-order valence-corrected chi connectivity index (χ4v) is 6.92. The quantitative estimate of drug-likeness (QED) is 0.275. The fraction of sp³-hybridized carbons (Fsp3) is 0.375. The summed E-state index contributed by atoms with van der Waals surface area (Å²) in [4.78, 5) is 98.6. The summed E-state index contributed by atoms with van der Waals surface area (Å²) in [5, 5.41) is 18.7. The number of amides is 4. The van der Waals surface area contributed by atoms with Crippen LogP contribution in [0.2, 0.25) is 0 Å². The van der Waals surface area contributed by atoms with Crippen molar-refractivity contribution in [2.75, 3.05) is 21.1 Å². The van der Waals surface area contributed by atoms with Gasteiger partial charge in [0.1, 0.15) is 29.8 Å². The van der Waals surface area contributed by atoms with Crippen molar-refractivity contribution < 1.29 is 43.4 Å². The molecule has 0 radical (unpaired) electrons. The van der Waals surface area contributed by atoms with Crippen molar-refractivity contribution in [3.63, 3.8) is 0 Å². The van der Waals surface area contributed by atoms with Gasteiger partial charge in [0.2, 0.25) is 23.6 Å². The van der Waals surface area contributed by atoms with Gasteiger partial charge >= 0.3 is 0 Å². The van der Waals surface area contributed by atoms with Crippen LogP contribution in [0.5, 0.6) is 17.2 Å². The van der Waals surface area contributed by atoms with Gasteiger partial charge in [0.05, 0.1) is 12.1 Å². The average Bonchev–Trinajstić information content (AvgIpc) is 3.19. The van der Waals surface area contributed by atoms with Crippen LogP contribution < -0.4 is 20.7 Å². The number of likely N-dealkylation sites (N-methyl/N-ethyl adjacent to an activating group) is 3. The molecule has 1 saturated heterocycles. The van der Waals surface area contributed by atoms with Crippen LogP contribution >= 0.6 is 0 Å². The van der Waals surface area contributed by atoms with E-state index in [9.17, 15) is 38.7 Å². The van der Waals surface area contributed by atoms with Gasteiger partial charge in [-0.2, -0.15) is 0 Å². The molecule has 3 aliphatic heterocycles. The van der Waals surface area contributed by atoms with E-state index in [2.05, 4.69) is 16.0 Å². The molecule has 15 nitrogen and oxygen atoms in total. The van der Waals surface area contributed by atoms with Crippen LogP contribution in [0, 0.1) is 0 Å². The maximum atomic E-state index is 14.5. The lowest BCUT2D eigenvalue weighted by atomic mass is 9.93. The smallest absolute Gasteiger partial charge is 0.246 e. The van der Waals surface area contributed by atoms with E-state index in [-0.39, 0.29) is 30.8 Å². The number of ether oxygens (including phenoxy) is 1. The first-order chi connectivity index (χ1) is 26.0. The maximum absolute atomic E-state index is 14.5. The van der Waals surface area contributed by atoms with E-state index in [1.807, 2.05) is 0 Å². The Morgan fingerprint density at radius 3 is 2.05 bits per heavy atom. The van der Waals surface area contributed by atoms with Gasteiger partial charge < -0.3 is 30.7 Å². The van der Waals surface area contributed by atoms with Crippen LogP contribution in [-0.2, 0) is 48.0 Å². The number of aromatic hydroxyl groups is 1. The van der Waals surface area contributed by atoms with Crippen LogP contribution in [0.25, 0.3) is 0 Å². The van der Waals surface area contributed by atoms with E-state index in [4.69, 9.17) is 4.74 Å². The van der Waals surface area contributed by atoms with Crippen LogP contribution in [0.4, 0.5) is 0 Å². The summed E-state index contributed by atoms with van der Waals surface area (Å²) in [5.41, 5.74) is -1.46. The number of nitrogens with one attached hydrogen (secondary N) is 3. The zero-order valence-electron chi connectivity index (χ0n) is 31.6. The highest BCUT2D eigenvalue weighted by Crippen LogP contribution is 2.35. The monoisotopic (exact) mass is 754 g/mol. The number of rotatable bonds is 5. The summed E-state index contributed by atoms with van der Waals surface area (Å²) in [6, 6.07) is 12.9. The molecule has 3 heterocycles. The molecule has 6 rings (SSSR count). The van der Waals surface area contributed by atoms with Crippen molar-refractivity contribution in [1.29, 1.82) is 0 Å². The molecule has 0 aliphatic carbocycles. The number of benzene rings is 3. The molecule has 0 spiro atoms. The second kappa shape index (κ2) is 16.2. The van der Waals surface area contributed by atoms with E-state index in [1.54, 1.807) is 60.7 Å².